The summed E-state index contributed by atoms with van der Waals surface area (Å²) in [7, 11) is 1.65. The van der Waals surface area contributed by atoms with Crippen LogP contribution in [0.3, 0.4) is 0 Å². The quantitative estimate of drug-likeness (QED) is 0.638. The van der Waals surface area contributed by atoms with E-state index in [4.69, 9.17) is 16.3 Å². The monoisotopic (exact) mass is 182 g/mol. The van der Waals surface area contributed by atoms with Crippen molar-refractivity contribution >= 4 is 23.5 Å². The Balaban J connectivity index is 2.45. The molecule has 0 saturated carbocycles. The lowest BCUT2D eigenvalue weighted by Gasteiger charge is -2.00. The summed E-state index contributed by atoms with van der Waals surface area (Å²) in [4.78, 5) is 0. The predicted octanol–water partition coefficient (Wildman–Crippen LogP) is 2.08. The van der Waals surface area contributed by atoms with Gasteiger partial charge in [-0.3, -0.25) is 0 Å². The van der Waals surface area contributed by atoms with Crippen LogP contribution in [0.5, 0.6) is 5.75 Å². The molecule has 0 aliphatic carbocycles. The normalized spacial score (nSPS) is 14.0. The summed E-state index contributed by atoms with van der Waals surface area (Å²) < 4.78 is 7.29. The highest BCUT2D eigenvalue weighted by Gasteiger charge is 2.24. The van der Waals surface area contributed by atoms with E-state index in [-0.39, 0.29) is 0 Å². The molecule has 0 fully saturated rings. The number of halogens is 1. The molecule has 62 valence electrons. The van der Waals surface area contributed by atoms with Gasteiger partial charge in [-0.2, -0.15) is 4.58 Å². The van der Waals surface area contributed by atoms with Crippen molar-refractivity contribution in [2.45, 2.75) is 0 Å². The van der Waals surface area contributed by atoms with Crippen LogP contribution in [-0.2, 0) is 0 Å². The Bertz CT molecular complexity index is 346. The van der Waals surface area contributed by atoms with E-state index in [0.717, 1.165) is 18.0 Å². The topological polar surface area (TPSA) is 12.2 Å². The third-order valence-corrected chi connectivity index (χ3v) is 2.05. The first-order valence-corrected chi connectivity index (χ1v) is 4.12. The Hall–Kier alpha value is -1.02. The molecule has 1 aliphatic rings. The lowest BCUT2D eigenvalue weighted by molar-refractivity contribution is -0.341. The van der Waals surface area contributed by atoms with Gasteiger partial charge in [-0.05, 0) is 6.07 Å². The number of rotatable bonds is 2. The van der Waals surface area contributed by atoms with Gasteiger partial charge in [0.25, 0.3) is 0 Å². The molecular weight excluding hydrogens is 174 g/mol. The fourth-order valence-electron chi connectivity index (χ4n) is 1.13. The number of methoxy groups -OCH3 is 1. The van der Waals surface area contributed by atoms with Gasteiger partial charge in [-0.1, -0.05) is 11.6 Å². The maximum atomic E-state index is 5.81. The molecule has 0 N–H and O–H groups in total. The van der Waals surface area contributed by atoms with Crippen molar-refractivity contribution in [2.24, 2.45) is 0 Å². The Kier molecular flexibility index (Phi) is 1.77. The maximum absolute atomic E-state index is 5.81. The molecule has 1 heterocycles. The molecule has 1 aromatic carbocycles. The largest absolute Gasteiger partial charge is 0.490 e. The number of hydrogen-bond acceptors (Lipinski definition) is 1. The Morgan fingerprint density at radius 3 is 2.83 bits per heavy atom. The highest BCUT2D eigenvalue weighted by Crippen LogP contribution is 2.31. The standard InChI is InChI=1S/C9H9ClNO/c1-12-9-6-7(10)2-3-8(9)11-4-5-11/h2-4,6H,5H2,1H3/q+1. The van der Waals surface area contributed by atoms with Crippen LogP contribution in [0.25, 0.3) is 0 Å². The molecule has 0 bridgehead atoms. The molecule has 2 nitrogen and oxygen atoms in total. The Morgan fingerprint density at radius 1 is 1.50 bits per heavy atom. The van der Waals surface area contributed by atoms with Gasteiger partial charge in [0.1, 0.15) is 0 Å². The molecule has 0 aromatic heterocycles. The summed E-state index contributed by atoms with van der Waals surface area (Å²) in [5.74, 6) is 0.830. The van der Waals surface area contributed by atoms with E-state index in [1.54, 1.807) is 7.11 Å². The molecule has 0 atom stereocenters. The fourth-order valence-corrected chi connectivity index (χ4v) is 1.29. The number of hydrogen-bond donors (Lipinski definition) is 0. The third kappa shape index (κ3) is 1.30. The van der Waals surface area contributed by atoms with E-state index in [1.165, 1.54) is 0 Å². The third-order valence-electron chi connectivity index (χ3n) is 1.82. The van der Waals surface area contributed by atoms with Gasteiger partial charge in [0.2, 0.25) is 18.4 Å². The van der Waals surface area contributed by atoms with Crippen LogP contribution in [-0.4, -0.2) is 24.4 Å². The summed E-state index contributed by atoms with van der Waals surface area (Å²) in [6, 6.07) is 5.65. The molecule has 1 aromatic rings. The van der Waals surface area contributed by atoms with E-state index < -0.39 is 0 Å². The van der Waals surface area contributed by atoms with Crippen LogP contribution in [0.4, 0.5) is 5.69 Å². The number of nitrogens with zero attached hydrogens (tertiary/aromatic N) is 1. The highest BCUT2D eigenvalue weighted by molar-refractivity contribution is 6.30. The summed E-state index contributed by atoms with van der Waals surface area (Å²) in [6.45, 7) is 0.998. The van der Waals surface area contributed by atoms with Gasteiger partial charge in [-0.15, -0.1) is 0 Å². The lowest BCUT2D eigenvalue weighted by Crippen LogP contribution is -1.89. The second-order valence-corrected chi connectivity index (χ2v) is 3.09. The molecule has 12 heavy (non-hydrogen) atoms. The van der Waals surface area contributed by atoms with E-state index in [9.17, 15) is 0 Å². The molecular formula is C9H9ClNO+. The van der Waals surface area contributed by atoms with Gasteiger partial charge in [0, 0.05) is 17.2 Å². The van der Waals surface area contributed by atoms with Crippen molar-refractivity contribution < 1.29 is 9.31 Å². The van der Waals surface area contributed by atoms with Crippen LogP contribution >= 0.6 is 11.6 Å². The van der Waals surface area contributed by atoms with Crippen molar-refractivity contribution in [3.8, 4) is 5.75 Å². The average Bonchev–Trinajstić information content (AvgIpc) is 2.87. The summed E-state index contributed by atoms with van der Waals surface area (Å²) >= 11 is 5.81. The zero-order chi connectivity index (χ0) is 8.55. The van der Waals surface area contributed by atoms with Crippen molar-refractivity contribution in [2.75, 3.05) is 13.7 Å². The van der Waals surface area contributed by atoms with Crippen molar-refractivity contribution in [1.29, 1.82) is 0 Å². The Labute approximate surface area is 76.0 Å². The van der Waals surface area contributed by atoms with Crippen LogP contribution in [0.1, 0.15) is 0 Å². The van der Waals surface area contributed by atoms with Crippen LogP contribution < -0.4 is 4.74 Å². The average molecular weight is 183 g/mol. The van der Waals surface area contributed by atoms with Gasteiger partial charge in [0.15, 0.2) is 5.75 Å². The van der Waals surface area contributed by atoms with Crippen molar-refractivity contribution in [3.05, 3.63) is 23.2 Å². The van der Waals surface area contributed by atoms with Crippen molar-refractivity contribution in [3.63, 3.8) is 0 Å². The van der Waals surface area contributed by atoms with Crippen LogP contribution in [0.2, 0.25) is 5.02 Å². The first kappa shape index (κ1) is 7.62. The first-order valence-electron chi connectivity index (χ1n) is 3.75. The molecule has 1 aliphatic heterocycles. The molecule has 0 unspecified atom stereocenters. The SMILES string of the molecule is COc1cc(Cl)ccc1[N+]1=CC1. The number of ether oxygens (including phenoxy) is 1. The summed E-state index contributed by atoms with van der Waals surface area (Å²) in [6.07, 6.45) is 2.09. The minimum absolute atomic E-state index is 0.706. The van der Waals surface area contributed by atoms with Crippen molar-refractivity contribution in [1.82, 2.24) is 0 Å². The maximum Gasteiger partial charge on any atom is 0.248 e. The molecule has 0 saturated heterocycles. The minimum atomic E-state index is 0.706. The van der Waals surface area contributed by atoms with Crippen LogP contribution in [0, 0.1) is 0 Å². The van der Waals surface area contributed by atoms with E-state index >= 15 is 0 Å². The van der Waals surface area contributed by atoms with Crippen LogP contribution in [0.15, 0.2) is 18.2 Å². The fraction of sp³-hybridized carbons (Fsp3) is 0.222. The molecule has 0 radical (unpaired) electrons. The zero-order valence-corrected chi connectivity index (χ0v) is 7.51. The van der Waals surface area contributed by atoms with E-state index in [2.05, 4.69) is 10.8 Å². The van der Waals surface area contributed by atoms with Gasteiger partial charge >= 0.3 is 0 Å². The van der Waals surface area contributed by atoms with Gasteiger partial charge < -0.3 is 4.74 Å². The predicted molar refractivity (Wildman–Crippen MR) is 48.9 cm³/mol. The smallest absolute Gasteiger partial charge is 0.248 e. The molecule has 0 amide bonds. The highest BCUT2D eigenvalue weighted by atomic mass is 35.5. The Morgan fingerprint density at radius 2 is 2.25 bits per heavy atom. The lowest BCUT2D eigenvalue weighted by atomic mass is 10.3. The first-order chi connectivity index (χ1) is 5.81. The zero-order valence-electron chi connectivity index (χ0n) is 6.75. The van der Waals surface area contributed by atoms with E-state index in [1.807, 2.05) is 18.2 Å². The molecule has 2 rings (SSSR count). The van der Waals surface area contributed by atoms with E-state index in [0.29, 0.717) is 5.02 Å². The summed E-state index contributed by atoms with van der Waals surface area (Å²) in [5, 5.41) is 0.706. The summed E-state index contributed by atoms with van der Waals surface area (Å²) in [5.41, 5.74) is 1.09. The molecule has 3 heteroatoms. The molecule has 0 spiro atoms. The van der Waals surface area contributed by atoms with Gasteiger partial charge in [0.05, 0.1) is 7.11 Å². The van der Waals surface area contributed by atoms with Gasteiger partial charge in [-0.25, -0.2) is 0 Å². The second kappa shape index (κ2) is 2.79. The second-order valence-electron chi connectivity index (χ2n) is 2.65. The minimum Gasteiger partial charge on any atom is -0.490 e. The number of benzene rings is 1.